The van der Waals surface area contributed by atoms with E-state index in [0.717, 1.165) is 48.4 Å². The van der Waals surface area contributed by atoms with Crippen molar-refractivity contribution in [1.82, 2.24) is 19.7 Å². The summed E-state index contributed by atoms with van der Waals surface area (Å²) in [4.78, 5) is 2.33. The maximum atomic E-state index is 12.9. The van der Waals surface area contributed by atoms with Crippen molar-refractivity contribution in [2.24, 2.45) is 13.0 Å². The van der Waals surface area contributed by atoms with E-state index >= 15 is 0 Å². The van der Waals surface area contributed by atoms with E-state index in [-0.39, 0.29) is 0 Å². The molecule has 1 aliphatic rings. The third-order valence-electron chi connectivity index (χ3n) is 5.70. The maximum absolute atomic E-state index is 12.9. The summed E-state index contributed by atoms with van der Waals surface area (Å²) in [5.74, 6) is 1.18. The highest BCUT2D eigenvalue weighted by Gasteiger charge is 2.30. The largest absolute Gasteiger partial charge is 0.416 e. The lowest BCUT2D eigenvalue weighted by Crippen LogP contribution is -2.33. The first kappa shape index (κ1) is 20.5. The van der Waals surface area contributed by atoms with Crippen LogP contribution in [0.25, 0.3) is 22.2 Å². The molecule has 1 fully saturated rings. The molecular weight excluding hydrogens is 391 g/mol. The van der Waals surface area contributed by atoms with Crippen LogP contribution < -0.4 is 0 Å². The SMILES string of the molecule is CN1CCCC(C=[N+](C)c2nnc(-c3ccc(C(F)(F)F)cc3)c3ccn(C)c23)C1. The second kappa shape index (κ2) is 7.83. The van der Waals surface area contributed by atoms with Crippen LogP contribution >= 0.6 is 0 Å². The van der Waals surface area contributed by atoms with E-state index in [2.05, 4.69) is 28.4 Å². The van der Waals surface area contributed by atoms with Gasteiger partial charge >= 0.3 is 12.0 Å². The molecular formula is C22H25F3N5+. The van der Waals surface area contributed by atoms with Crippen molar-refractivity contribution >= 4 is 22.9 Å². The monoisotopic (exact) mass is 416 g/mol. The maximum Gasteiger partial charge on any atom is 0.416 e. The fourth-order valence-electron chi connectivity index (χ4n) is 4.18. The summed E-state index contributed by atoms with van der Waals surface area (Å²) in [6.45, 7) is 2.13. The molecule has 3 aromatic rings. The first-order valence-corrected chi connectivity index (χ1v) is 10.00. The summed E-state index contributed by atoms with van der Waals surface area (Å²) in [6.07, 6.45) is 2.07. The van der Waals surface area contributed by atoms with Gasteiger partial charge in [0.1, 0.15) is 11.2 Å². The molecule has 3 heterocycles. The van der Waals surface area contributed by atoms with Crippen molar-refractivity contribution in [3.05, 3.63) is 42.1 Å². The number of alkyl halides is 3. The van der Waals surface area contributed by atoms with E-state index in [1.165, 1.54) is 18.6 Å². The average Bonchev–Trinajstić information content (AvgIpc) is 3.09. The molecule has 1 aromatic carbocycles. The molecule has 1 unspecified atom stereocenters. The number of halogens is 3. The summed E-state index contributed by atoms with van der Waals surface area (Å²) < 4.78 is 42.7. The molecule has 2 aromatic heterocycles. The van der Waals surface area contributed by atoms with E-state index < -0.39 is 11.7 Å². The van der Waals surface area contributed by atoms with Crippen molar-refractivity contribution in [1.29, 1.82) is 0 Å². The lowest BCUT2D eigenvalue weighted by atomic mass is 10.00. The zero-order chi connectivity index (χ0) is 21.5. The fraction of sp³-hybridized carbons (Fsp3) is 0.409. The van der Waals surface area contributed by atoms with Gasteiger partial charge in [0.2, 0.25) is 0 Å². The van der Waals surface area contributed by atoms with Crippen LogP contribution in [0.2, 0.25) is 0 Å². The summed E-state index contributed by atoms with van der Waals surface area (Å²) in [5, 5.41) is 9.72. The van der Waals surface area contributed by atoms with Crippen molar-refractivity contribution in [3.63, 3.8) is 0 Å². The molecule has 1 aliphatic heterocycles. The lowest BCUT2D eigenvalue weighted by Gasteiger charge is -2.26. The molecule has 0 N–H and O–H groups in total. The van der Waals surface area contributed by atoms with Crippen molar-refractivity contribution in [2.45, 2.75) is 19.0 Å². The third-order valence-corrected chi connectivity index (χ3v) is 5.70. The number of likely N-dealkylation sites (tertiary alicyclic amines) is 1. The molecule has 30 heavy (non-hydrogen) atoms. The number of rotatable bonds is 3. The van der Waals surface area contributed by atoms with Gasteiger partial charge in [0.05, 0.1) is 23.9 Å². The summed E-state index contributed by atoms with van der Waals surface area (Å²) >= 11 is 0. The summed E-state index contributed by atoms with van der Waals surface area (Å²) in [7, 11) is 6.04. The Labute approximate surface area is 173 Å². The number of aryl methyl sites for hydroxylation is 1. The van der Waals surface area contributed by atoms with Crippen LogP contribution in [0.3, 0.4) is 0 Å². The molecule has 4 rings (SSSR count). The number of hydrogen-bond acceptors (Lipinski definition) is 3. The zero-order valence-corrected chi connectivity index (χ0v) is 17.3. The Morgan fingerprint density at radius 2 is 1.83 bits per heavy atom. The van der Waals surface area contributed by atoms with Gasteiger partial charge in [-0.1, -0.05) is 12.1 Å². The minimum absolute atomic E-state index is 0.445. The van der Waals surface area contributed by atoms with Gasteiger partial charge in [-0.05, 0) is 49.7 Å². The molecule has 0 bridgehead atoms. The molecule has 0 aliphatic carbocycles. The van der Waals surface area contributed by atoms with Crippen LogP contribution in [-0.2, 0) is 13.2 Å². The minimum Gasteiger partial charge on any atom is -0.344 e. The standard InChI is InChI=1S/C22H25F3N5/c1-28-11-4-5-15(13-28)14-30(3)21-20-18(10-12-29(20)2)19(26-27-21)16-6-8-17(9-7-16)22(23,24)25/h6-10,12,14-15H,4-5,11,13H2,1-3H3/q+1. The predicted molar refractivity (Wildman–Crippen MR) is 111 cm³/mol. The number of nitrogens with zero attached hydrogens (tertiary/aromatic N) is 5. The quantitative estimate of drug-likeness (QED) is 0.471. The normalized spacial score (nSPS) is 18.9. The van der Waals surface area contributed by atoms with Crippen LogP contribution in [0.1, 0.15) is 18.4 Å². The topological polar surface area (TPSA) is 37.0 Å². The minimum atomic E-state index is -4.36. The molecule has 5 nitrogen and oxygen atoms in total. The molecule has 158 valence electrons. The number of fused-ring (bicyclic) bond motifs is 1. The van der Waals surface area contributed by atoms with Crippen LogP contribution in [0.4, 0.5) is 19.0 Å². The van der Waals surface area contributed by atoms with Gasteiger partial charge in [-0.2, -0.15) is 13.2 Å². The molecule has 1 saturated heterocycles. The van der Waals surface area contributed by atoms with E-state index in [1.54, 1.807) is 0 Å². The van der Waals surface area contributed by atoms with Gasteiger partial charge in [-0.3, -0.25) is 0 Å². The average molecular weight is 416 g/mol. The Morgan fingerprint density at radius 3 is 2.50 bits per heavy atom. The summed E-state index contributed by atoms with van der Waals surface area (Å²) in [6, 6.07) is 7.00. The fourth-order valence-corrected chi connectivity index (χ4v) is 4.18. The van der Waals surface area contributed by atoms with Crippen molar-refractivity contribution in [3.8, 4) is 11.3 Å². The van der Waals surface area contributed by atoms with E-state index in [0.29, 0.717) is 17.2 Å². The predicted octanol–water partition coefficient (Wildman–Crippen LogP) is 4.34. The second-order valence-corrected chi connectivity index (χ2v) is 8.06. The van der Waals surface area contributed by atoms with Crippen molar-refractivity contribution < 1.29 is 17.7 Å². The van der Waals surface area contributed by atoms with Gasteiger partial charge in [0.15, 0.2) is 0 Å². The molecule has 0 radical (unpaired) electrons. The highest BCUT2D eigenvalue weighted by atomic mass is 19.4. The number of piperidine rings is 1. The number of aromatic nitrogens is 3. The van der Waals surface area contributed by atoms with Crippen molar-refractivity contribution in [2.75, 3.05) is 27.2 Å². The molecule has 1 atom stereocenters. The number of benzene rings is 1. The second-order valence-electron chi connectivity index (χ2n) is 8.06. The smallest absolute Gasteiger partial charge is 0.344 e. The molecule has 0 saturated carbocycles. The Bertz CT molecular complexity index is 1080. The lowest BCUT2D eigenvalue weighted by molar-refractivity contribution is -0.406. The van der Waals surface area contributed by atoms with Crippen LogP contribution in [0, 0.1) is 5.92 Å². The van der Waals surface area contributed by atoms with Gasteiger partial charge in [-0.15, -0.1) is 0 Å². The van der Waals surface area contributed by atoms with Crippen LogP contribution in [0.15, 0.2) is 36.5 Å². The molecule has 0 amide bonds. The highest BCUT2D eigenvalue weighted by molar-refractivity contribution is 5.97. The number of hydrogen-bond donors (Lipinski definition) is 0. The van der Waals surface area contributed by atoms with Gasteiger partial charge < -0.3 is 9.47 Å². The summed E-state index contributed by atoms with van der Waals surface area (Å²) in [5.41, 5.74) is 1.42. The van der Waals surface area contributed by atoms with Crippen LogP contribution in [-0.4, -0.2) is 57.6 Å². The molecule has 0 spiro atoms. The first-order chi connectivity index (χ1) is 14.2. The van der Waals surface area contributed by atoms with E-state index in [4.69, 9.17) is 0 Å². The van der Waals surface area contributed by atoms with Gasteiger partial charge in [0.25, 0.3) is 0 Å². The van der Waals surface area contributed by atoms with E-state index in [1.807, 2.05) is 35.5 Å². The van der Waals surface area contributed by atoms with E-state index in [9.17, 15) is 13.2 Å². The zero-order valence-electron chi connectivity index (χ0n) is 17.3. The Hall–Kier alpha value is -2.74. The molecule has 8 heteroatoms. The Morgan fingerprint density at radius 1 is 1.10 bits per heavy atom. The Kier molecular flexibility index (Phi) is 5.36. The first-order valence-electron chi connectivity index (χ1n) is 10.00. The van der Waals surface area contributed by atoms with Crippen LogP contribution in [0.5, 0.6) is 0 Å². The third kappa shape index (κ3) is 3.96. The Balaban J connectivity index is 1.74. The highest BCUT2D eigenvalue weighted by Crippen LogP contribution is 2.34. The van der Waals surface area contributed by atoms with Gasteiger partial charge in [-0.25, -0.2) is 4.58 Å². The van der Waals surface area contributed by atoms with Gasteiger partial charge in [0, 0.05) is 36.7 Å².